The minimum absolute atomic E-state index is 0.0204. The van der Waals surface area contributed by atoms with E-state index < -0.39 is 0 Å². The number of carbonyl (C=O) groups is 2. The third kappa shape index (κ3) is 7.40. The highest BCUT2D eigenvalue weighted by Gasteiger charge is 2.30. The summed E-state index contributed by atoms with van der Waals surface area (Å²) in [5, 5.41) is 3.05. The fourth-order valence-corrected chi connectivity index (χ4v) is 6.38. The van der Waals surface area contributed by atoms with E-state index in [-0.39, 0.29) is 18.4 Å². The summed E-state index contributed by atoms with van der Waals surface area (Å²) in [6.45, 7) is 5.92. The fraction of sp³-hybridized carbons (Fsp3) is 0.333. The summed E-state index contributed by atoms with van der Waals surface area (Å²) in [5.74, 6) is 0.505. The normalized spacial score (nSPS) is 17.3. The van der Waals surface area contributed by atoms with Gasteiger partial charge in [-0.3, -0.25) is 14.5 Å². The van der Waals surface area contributed by atoms with Gasteiger partial charge in [-0.25, -0.2) is 0 Å². The average molecular weight is 540 g/mol. The zero-order chi connectivity index (χ0) is 27.0. The van der Waals surface area contributed by atoms with Crippen LogP contribution in [0.25, 0.3) is 6.08 Å². The molecule has 0 aliphatic carbocycles. The first-order valence-electron chi connectivity index (χ1n) is 14.0. The Bertz CT molecular complexity index is 1300. The van der Waals surface area contributed by atoms with Crippen LogP contribution in [0.15, 0.2) is 88.7 Å². The fourth-order valence-electron chi connectivity index (χ4n) is 5.32. The van der Waals surface area contributed by atoms with E-state index in [1.54, 1.807) is 4.90 Å². The first-order valence-corrected chi connectivity index (χ1v) is 14.8. The number of likely N-dealkylation sites (tertiary alicyclic amines) is 1. The molecule has 2 amide bonds. The van der Waals surface area contributed by atoms with Gasteiger partial charge in [0.1, 0.15) is 6.54 Å². The van der Waals surface area contributed by atoms with Crippen LogP contribution in [0.3, 0.4) is 0 Å². The van der Waals surface area contributed by atoms with Gasteiger partial charge in [-0.15, -0.1) is 0 Å². The topological polar surface area (TPSA) is 52.7 Å². The summed E-state index contributed by atoms with van der Waals surface area (Å²) in [6.07, 6.45) is 6.45. The molecule has 3 aromatic rings. The molecule has 0 unspecified atom stereocenters. The van der Waals surface area contributed by atoms with Gasteiger partial charge in [0.25, 0.3) is 5.91 Å². The number of nitrogens with one attached hydrogen (secondary N) is 1. The molecule has 2 heterocycles. The minimum atomic E-state index is -0.132. The molecule has 5 rings (SSSR count). The Balaban J connectivity index is 1.10. The molecular weight excluding hydrogens is 502 g/mol. The van der Waals surface area contributed by atoms with Gasteiger partial charge in [-0.2, -0.15) is 0 Å². The van der Waals surface area contributed by atoms with E-state index in [9.17, 15) is 9.59 Å². The Morgan fingerprint density at radius 3 is 2.46 bits per heavy atom. The van der Waals surface area contributed by atoms with Crippen LogP contribution in [0.5, 0.6) is 0 Å². The molecule has 3 aromatic carbocycles. The summed E-state index contributed by atoms with van der Waals surface area (Å²) in [7, 11) is 0. The second-order valence-electron chi connectivity index (χ2n) is 10.6. The summed E-state index contributed by atoms with van der Waals surface area (Å²) < 4.78 is 0. The van der Waals surface area contributed by atoms with E-state index in [1.807, 2.05) is 61.5 Å². The number of thioether (sulfide) groups is 1. The Kier molecular flexibility index (Phi) is 9.17. The minimum Gasteiger partial charge on any atom is -0.355 e. The summed E-state index contributed by atoms with van der Waals surface area (Å²) in [6, 6.07) is 26.7. The maximum Gasteiger partial charge on any atom is 0.265 e. The van der Waals surface area contributed by atoms with Crippen molar-refractivity contribution in [1.29, 1.82) is 0 Å². The molecule has 0 saturated carbocycles. The highest BCUT2D eigenvalue weighted by atomic mass is 32.2. The number of carbonyl (C=O) groups excluding carboxylic acids is 2. The zero-order valence-corrected chi connectivity index (χ0v) is 23.5. The molecule has 0 spiro atoms. The van der Waals surface area contributed by atoms with E-state index in [1.165, 1.54) is 42.2 Å². The van der Waals surface area contributed by atoms with Crippen molar-refractivity contribution in [3.63, 3.8) is 0 Å². The van der Waals surface area contributed by atoms with Gasteiger partial charge < -0.3 is 10.2 Å². The number of aryl methyl sites for hydroxylation is 1. The number of nitrogens with zero attached hydrogens (tertiary/aromatic N) is 2. The van der Waals surface area contributed by atoms with Gasteiger partial charge in [0.15, 0.2) is 0 Å². The Morgan fingerprint density at radius 2 is 1.69 bits per heavy atom. The van der Waals surface area contributed by atoms with Crippen molar-refractivity contribution in [1.82, 2.24) is 10.2 Å². The zero-order valence-electron chi connectivity index (χ0n) is 22.6. The second-order valence-corrected chi connectivity index (χ2v) is 11.6. The predicted molar refractivity (Wildman–Crippen MR) is 161 cm³/mol. The lowest BCUT2D eigenvalue weighted by Gasteiger charge is -2.32. The van der Waals surface area contributed by atoms with Gasteiger partial charge in [0, 0.05) is 11.4 Å². The van der Waals surface area contributed by atoms with Crippen LogP contribution in [0, 0.1) is 12.8 Å². The van der Waals surface area contributed by atoms with Crippen LogP contribution in [0.4, 0.5) is 5.69 Å². The summed E-state index contributed by atoms with van der Waals surface area (Å²) in [5.41, 5.74) is 4.38. The second kappa shape index (κ2) is 13.1. The van der Waals surface area contributed by atoms with E-state index in [2.05, 4.69) is 40.5 Å². The van der Waals surface area contributed by atoms with E-state index in [0.29, 0.717) is 11.4 Å². The Morgan fingerprint density at radius 1 is 0.974 bits per heavy atom. The SMILES string of the molecule is Cc1ccc(C=C2Sc3ccccc3N(CC(=O)NCCCN3CCC(Cc4ccccc4)CC3)C2=O)cc1. The monoisotopic (exact) mass is 539 g/mol. The van der Waals surface area contributed by atoms with Gasteiger partial charge in [0.2, 0.25) is 5.91 Å². The molecule has 0 atom stereocenters. The van der Waals surface area contributed by atoms with Crippen LogP contribution in [0.1, 0.15) is 36.0 Å². The van der Waals surface area contributed by atoms with Crippen LogP contribution in [0.2, 0.25) is 0 Å². The van der Waals surface area contributed by atoms with Gasteiger partial charge in [-0.1, -0.05) is 84.1 Å². The van der Waals surface area contributed by atoms with Crippen molar-refractivity contribution < 1.29 is 9.59 Å². The van der Waals surface area contributed by atoms with Crippen molar-refractivity contribution >= 4 is 35.3 Å². The first-order chi connectivity index (χ1) is 19.0. The lowest BCUT2D eigenvalue weighted by molar-refractivity contribution is -0.122. The molecule has 1 N–H and O–H groups in total. The van der Waals surface area contributed by atoms with E-state index in [4.69, 9.17) is 0 Å². The molecule has 39 heavy (non-hydrogen) atoms. The molecule has 2 aliphatic heterocycles. The van der Waals surface area contributed by atoms with Crippen molar-refractivity contribution in [3.05, 3.63) is 100 Å². The maximum absolute atomic E-state index is 13.4. The molecule has 1 fully saturated rings. The number of hydrogen-bond donors (Lipinski definition) is 1. The van der Waals surface area contributed by atoms with Crippen molar-refractivity contribution in [2.45, 2.75) is 37.5 Å². The number of benzene rings is 3. The van der Waals surface area contributed by atoms with Gasteiger partial charge >= 0.3 is 0 Å². The largest absolute Gasteiger partial charge is 0.355 e. The third-order valence-electron chi connectivity index (χ3n) is 7.56. The third-order valence-corrected chi connectivity index (χ3v) is 8.63. The van der Waals surface area contributed by atoms with Crippen molar-refractivity contribution in [2.75, 3.05) is 37.6 Å². The van der Waals surface area contributed by atoms with Crippen LogP contribution < -0.4 is 10.2 Å². The number of hydrogen-bond acceptors (Lipinski definition) is 4. The predicted octanol–water partition coefficient (Wildman–Crippen LogP) is 5.94. The van der Waals surface area contributed by atoms with Crippen molar-refractivity contribution in [3.8, 4) is 0 Å². The number of amides is 2. The number of rotatable bonds is 9. The quantitative estimate of drug-likeness (QED) is 0.270. The smallest absolute Gasteiger partial charge is 0.265 e. The highest BCUT2D eigenvalue weighted by molar-refractivity contribution is 8.04. The van der Waals surface area contributed by atoms with Crippen molar-refractivity contribution in [2.24, 2.45) is 5.92 Å². The lowest BCUT2D eigenvalue weighted by Crippen LogP contribution is -2.43. The number of anilines is 1. The molecule has 2 aliphatic rings. The molecular formula is C33H37N3O2S. The summed E-state index contributed by atoms with van der Waals surface area (Å²) in [4.78, 5) is 32.0. The average Bonchev–Trinajstić information content (AvgIpc) is 2.96. The molecule has 6 heteroatoms. The lowest BCUT2D eigenvalue weighted by atomic mass is 9.90. The van der Waals surface area contributed by atoms with Crippen LogP contribution >= 0.6 is 11.8 Å². The van der Waals surface area contributed by atoms with E-state index >= 15 is 0 Å². The Hall–Kier alpha value is -3.35. The molecule has 0 aromatic heterocycles. The van der Waals surface area contributed by atoms with E-state index in [0.717, 1.165) is 48.1 Å². The van der Waals surface area contributed by atoms with Gasteiger partial charge in [-0.05, 0) is 87.5 Å². The van der Waals surface area contributed by atoms with Crippen LogP contribution in [-0.4, -0.2) is 49.4 Å². The first kappa shape index (κ1) is 27.2. The molecule has 0 bridgehead atoms. The van der Waals surface area contributed by atoms with Gasteiger partial charge in [0.05, 0.1) is 10.6 Å². The molecule has 5 nitrogen and oxygen atoms in total. The molecule has 0 radical (unpaired) electrons. The van der Waals surface area contributed by atoms with Crippen LogP contribution in [-0.2, 0) is 16.0 Å². The number of para-hydroxylation sites is 1. The molecule has 1 saturated heterocycles. The standard InChI is InChI=1S/C33H37N3O2S/c1-25-12-14-27(15-13-25)23-31-33(38)36(29-10-5-6-11-30(29)39-31)24-32(37)34-18-7-19-35-20-16-28(17-21-35)22-26-8-3-2-4-9-26/h2-6,8-15,23,28H,7,16-22,24H2,1H3,(H,34,37). The number of fused-ring (bicyclic) bond motifs is 1. The maximum atomic E-state index is 13.4. The summed E-state index contributed by atoms with van der Waals surface area (Å²) >= 11 is 1.47. The number of piperidine rings is 1. The highest BCUT2D eigenvalue weighted by Crippen LogP contribution is 2.41. The Labute approximate surface area is 236 Å². The molecule has 202 valence electrons.